The molecule has 0 amide bonds. The van der Waals surface area contributed by atoms with Crippen molar-refractivity contribution < 1.29 is 26.1 Å². The average molecular weight is 415 g/mol. The number of aromatic nitrogens is 4. The molecule has 0 spiro atoms. The molecule has 2 N–H and O–H groups in total. The summed E-state index contributed by atoms with van der Waals surface area (Å²) in [6.07, 6.45) is -2.98. The summed E-state index contributed by atoms with van der Waals surface area (Å²) in [4.78, 5) is 3.33. The highest BCUT2D eigenvalue weighted by Crippen LogP contribution is 2.31. The first-order valence-corrected chi connectivity index (χ1v) is 9.59. The lowest BCUT2D eigenvalue weighted by molar-refractivity contribution is -0.159. The Morgan fingerprint density at radius 1 is 1.18 bits per heavy atom. The van der Waals surface area contributed by atoms with Crippen molar-refractivity contribution in [2.75, 3.05) is 0 Å². The summed E-state index contributed by atoms with van der Waals surface area (Å²) < 4.78 is 69.6. The smallest absolute Gasteiger partial charge is 0.329 e. The van der Waals surface area contributed by atoms with Crippen molar-refractivity contribution in [3.8, 4) is 11.4 Å². The van der Waals surface area contributed by atoms with Crippen LogP contribution in [0.25, 0.3) is 11.4 Å². The van der Waals surface area contributed by atoms with Gasteiger partial charge < -0.3 is 4.52 Å². The number of alkyl halides is 3. The molecule has 28 heavy (non-hydrogen) atoms. The van der Waals surface area contributed by atoms with Crippen LogP contribution in [0.3, 0.4) is 0 Å². The van der Waals surface area contributed by atoms with E-state index in [1.807, 2.05) is 0 Å². The zero-order valence-electron chi connectivity index (χ0n) is 14.8. The van der Waals surface area contributed by atoms with E-state index in [1.54, 1.807) is 26.0 Å². The van der Waals surface area contributed by atoms with E-state index in [4.69, 9.17) is 0 Å². The van der Waals surface area contributed by atoms with E-state index in [-0.39, 0.29) is 10.9 Å². The summed E-state index contributed by atoms with van der Waals surface area (Å²) in [6, 6.07) is 7.52. The van der Waals surface area contributed by atoms with E-state index in [0.29, 0.717) is 17.5 Å². The second-order valence-electron chi connectivity index (χ2n) is 6.21. The highest BCUT2D eigenvalue weighted by molar-refractivity contribution is 7.89. The molecule has 1 aromatic carbocycles. The van der Waals surface area contributed by atoms with Gasteiger partial charge in [0.05, 0.1) is 11.7 Å². The third-order valence-electron chi connectivity index (χ3n) is 4.28. The molecule has 8 nitrogen and oxygen atoms in total. The molecule has 3 aromatic rings. The van der Waals surface area contributed by atoms with Gasteiger partial charge in [-0.15, -0.1) is 0 Å². The fourth-order valence-corrected chi connectivity index (χ4v) is 3.90. The average Bonchev–Trinajstić information content (AvgIpc) is 3.33. The Morgan fingerprint density at radius 2 is 1.86 bits per heavy atom. The van der Waals surface area contributed by atoms with Gasteiger partial charge in [-0.1, -0.05) is 36.3 Å². The number of nitrogens with one attached hydrogen (secondary N) is 2. The number of hydrogen-bond acceptors (Lipinski definition) is 6. The van der Waals surface area contributed by atoms with Crippen molar-refractivity contribution in [3.05, 3.63) is 48.0 Å². The Hall–Kier alpha value is -2.73. The molecule has 0 radical (unpaired) electrons. The van der Waals surface area contributed by atoms with E-state index in [0.717, 1.165) is 0 Å². The number of rotatable bonds is 6. The molecule has 2 heterocycles. The highest BCUT2D eigenvalue weighted by Gasteiger charge is 2.38. The number of benzene rings is 1. The number of H-pyrrole nitrogens is 1. The summed E-state index contributed by atoms with van der Waals surface area (Å²) in [6.45, 7) is 3.50. The van der Waals surface area contributed by atoms with Crippen LogP contribution >= 0.6 is 0 Å². The molecule has 0 bridgehead atoms. The SMILES string of the molecule is CCC(C)(NS(=O)(=O)c1ccn[nH]1)c1ccc(-c2noc(C(F)(F)F)n2)cc1. The molecule has 150 valence electrons. The number of hydrogen-bond donors (Lipinski definition) is 2. The van der Waals surface area contributed by atoms with E-state index in [1.165, 1.54) is 24.4 Å². The molecular formula is C16H16F3N5O3S. The third-order valence-corrected chi connectivity index (χ3v) is 5.81. The van der Waals surface area contributed by atoms with E-state index in [2.05, 4.69) is 29.6 Å². The molecule has 3 rings (SSSR count). The molecule has 2 aromatic heterocycles. The minimum absolute atomic E-state index is 0.0738. The molecule has 1 atom stereocenters. The van der Waals surface area contributed by atoms with Crippen LogP contribution in [0.4, 0.5) is 13.2 Å². The molecule has 0 saturated carbocycles. The summed E-state index contributed by atoms with van der Waals surface area (Å²) in [7, 11) is -3.84. The van der Waals surface area contributed by atoms with Gasteiger partial charge in [-0.3, -0.25) is 5.10 Å². The van der Waals surface area contributed by atoms with E-state index >= 15 is 0 Å². The predicted octanol–water partition coefficient (Wildman–Crippen LogP) is 3.08. The van der Waals surface area contributed by atoms with Gasteiger partial charge in [0.25, 0.3) is 10.0 Å². The Morgan fingerprint density at radius 3 is 2.36 bits per heavy atom. The molecule has 0 fully saturated rings. The fraction of sp³-hybridized carbons (Fsp3) is 0.312. The van der Waals surface area contributed by atoms with Crippen molar-refractivity contribution in [2.45, 2.75) is 37.0 Å². The maximum absolute atomic E-state index is 12.6. The Labute approximate surface area is 158 Å². The maximum Gasteiger partial charge on any atom is 0.471 e. The summed E-state index contributed by atoms with van der Waals surface area (Å²) in [5.74, 6) is -1.65. The normalized spacial score (nSPS) is 14.8. The Bertz CT molecular complexity index is 1050. The largest absolute Gasteiger partial charge is 0.471 e. The van der Waals surface area contributed by atoms with Crippen LogP contribution in [0.5, 0.6) is 0 Å². The molecular weight excluding hydrogens is 399 g/mol. The first kappa shape index (κ1) is 20.0. The number of nitrogens with zero attached hydrogens (tertiary/aromatic N) is 3. The van der Waals surface area contributed by atoms with Crippen LogP contribution in [-0.2, 0) is 21.7 Å². The van der Waals surface area contributed by atoms with Gasteiger partial charge in [-0.25, -0.2) is 8.42 Å². The number of sulfonamides is 1. The van der Waals surface area contributed by atoms with Crippen LogP contribution in [0, 0.1) is 0 Å². The second kappa shape index (κ2) is 7.02. The molecule has 1 unspecified atom stereocenters. The second-order valence-corrected chi connectivity index (χ2v) is 7.86. The van der Waals surface area contributed by atoms with Crippen molar-refractivity contribution in [1.82, 2.24) is 25.1 Å². The molecule has 12 heteroatoms. The van der Waals surface area contributed by atoms with Crippen molar-refractivity contribution in [1.29, 1.82) is 0 Å². The van der Waals surface area contributed by atoms with Crippen molar-refractivity contribution in [2.24, 2.45) is 0 Å². The van der Waals surface area contributed by atoms with Crippen LogP contribution in [-0.4, -0.2) is 28.8 Å². The first-order chi connectivity index (χ1) is 13.0. The Balaban J connectivity index is 1.87. The highest BCUT2D eigenvalue weighted by atomic mass is 32.2. The van der Waals surface area contributed by atoms with Gasteiger partial charge in [0.2, 0.25) is 5.82 Å². The molecule has 0 aliphatic heterocycles. The summed E-state index contributed by atoms with van der Waals surface area (Å²) in [5.41, 5.74) is -0.0455. The van der Waals surface area contributed by atoms with Crippen LogP contribution < -0.4 is 4.72 Å². The van der Waals surface area contributed by atoms with Crippen molar-refractivity contribution >= 4 is 10.0 Å². The predicted molar refractivity (Wildman–Crippen MR) is 91.3 cm³/mol. The monoisotopic (exact) mass is 415 g/mol. The van der Waals surface area contributed by atoms with Crippen molar-refractivity contribution in [3.63, 3.8) is 0 Å². The lowest BCUT2D eigenvalue weighted by Crippen LogP contribution is -2.43. The van der Waals surface area contributed by atoms with Crippen LogP contribution in [0.2, 0.25) is 0 Å². The number of aromatic amines is 1. The minimum Gasteiger partial charge on any atom is -0.329 e. The Kier molecular flexibility index (Phi) is 5.02. The topological polar surface area (TPSA) is 114 Å². The summed E-state index contributed by atoms with van der Waals surface area (Å²) in [5, 5.41) is 9.29. The van der Waals surface area contributed by atoms with Gasteiger partial charge in [0, 0.05) is 5.56 Å². The van der Waals surface area contributed by atoms with Crippen LogP contribution in [0.15, 0.2) is 46.1 Å². The fourth-order valence-electron chi connectivity index (χ4n) is 2.52. The van der Waals surface area contributed by atoms with Gasteiger partial charge in [0.1, 0.15) is 0 Å². The lowest BCUT2D eigenvalue weighted by atomic mass is 9.90. The van der Waals surface area contributed by atoms with E-state index < -0.39 is 27.6 Å². The third kappa shape index (κ3) is 3.92. The van der Waals surface area contributed by atoms with Gasteiger partial charge in [0.15, 0.2) is 5.03 Å². The lowest BCUT2D eigenvalue weighted by Gasteiger charge is -2.29. The van der Waals surface area contributed by atoms with Gasteiger partial charge >= 0.3 is 12.1 Å². The quantitative estimate of drug-likeness (QED) is 0.640. The summed E-state index contributed by atoms with van der Waals surface area (Å²) >= 11 is 0. The zero-order valence-corrected chi connectivity index (χ0v) is 15.6. The zero-order chi connectivity index (χ0) is 20.6. The van der Waals surface area contributed by atoms with E-state index in [9.17, 15) is 21.6 Å². The van der Waals surface area contributed by atoms with Crippen LogP contribution in [0.1, 0.15) is 31.7 Å². The minimum atomic E-state index is -4.73. The standard InChI is InChI=1S/C16H16F3N5O3S/c1-3-15(2,24-28(25,26)12-8-9-20-22-12)11-6-4-10(5-7-11)13-21-14(27-23-13)16(17,18)19/h4-9,24H,3H2,1-2H3,(H,20,22). The molecule has 0 saturated heterocycles. The number of halogens is 3. The molecule has 0 aliphatic carbocycles. The van der Waals surface area contributed by atoms with Gasteiger partial charge in [-0.2, -0.15) is 28.0 Å². The first-order valence-electron chi connectivity index (χ1n) is 8.10. The molecule has 0 aliphatic rings. The maximum atomic E-state index is 12.6. The van der Waals surface area contributed by atoms with Gasteiger partial charge in [-0.05, 0) is 25.0 Å².